The first-order chi connectivity index (χ1) is 9.83. The summed E-state index contributed by atoms with van der Waals surface area (Å²) in [6.07, 6.45) is 1.03. The minimum Gasteiger partial charge on any atom is -0.373 e. The van der Waals surface area contributed by atoms with Crippen LogP contribution in [0.4, 0.5) is 24.7 Å². The summed E-state index contributed by atoms with van der Waals surface area (Å²) in [6.45, 7) is 0. The summed E-state index contributed by atoms with van der Waals surface area (Å²) in [7, 11) is -2.61. The lowest BCUT2D eigenvalue weighted by Crippen LogP contribution is -2.15. The van der Waals surface area contributed by atoms with Gasteiger partial charge in [-0.15, -0.1) is 0 Å². The average molecular weight is 317 g/mol. The molecule has 2 aromatic rings. The normalized spacial score (nSPS) is 11.2. The summed E-state index contributed by atoms with van der Waals surface area (Å²) in [5.74, 6) is -3.65. The van der Waals surface area contributed by atoms with Crippen LogP contribution in [0.15, 0.2) is 35.4 Å². The number of rotatable bonds is 4. The van der Waals surface area contributed by atoms with E-state index >= 15 is 0 Å². The molecule has 21 heavy (non-hydrogen) atoms. The molecule has 0 bridgehead atoms. The Morgan fingerprint density at radius 3 is 2.43 bits per heavy atom. The number of aromatic nitrogens is 1. The lowest BCUT2D eigenvalue weighted by Gasteiger charge is -2.09. The standard InChI is InChI=1S/C12H10F3N3O2S/c1-16-11-3-2-8(6-17-11)21(19,20)18-10-5-7(13)4-9(14)12(10)15/h2-6,18H,1H3,(H,16,17). The lowest BCUT2D eigenvalue weighted by molar-refractivity contribution is 0.498. The van der Waals surface area contributed by atoms with Crippen molar-refractivity contribution in [3.05, 3.63) is 47.9 Å². The number of anilines is 2. The number of sulfonamides is 1. The molecule has 0 saturated carbocycles. The van der Waals surface area contributed by atoms with E-state index in [2.05, 4.69) is 10.3 Å². The van der Waals surface area contributed by atoms with Gasteiger partial charge in [0, 0.05) is 25.4 Å². The van der Waals surface area contributed by atoms with E-state index in [1.807, 2.05) is 0 Å². The molecule has 0 amide bonds. The Labute approximate surface area is 118 Å². The van der Waals surface area contributed by atoms with E-state index < -0.39 is 33.2 Å². The minimum absolute atomic E-state index is 0.273. The van der Waals surface area contributed by atoms with E-state index in [9.17, 15) is 21.6 Å². The molecule has 0 radical (unpaired) electrons. The number of hydrogen-bond acceptors (Lipinski definition) is 4. The second kappa shape index (κ2) is 5.60. The van der Waals surface area contributed by atoms with Crippen LogP contribution in [0.2, 0.25) is 0 Å². The number of nitrogens with one attached hydrogen (secondary N) is 2. The SMILES string of the molecule is CNc1ccc(S(=O)(=O)Nc2cc(F)cc(F)c2F)cn1. The van der Waals surface area contributed by atoms with Gasteiger partial charge in [0.05, 0.1) is 5.69 Å². The highest BCUT2D eigenvalue weighted by molar-refractivity contribution is 7.92. The largest absolute Gasteiger partial charge is 0.373 e. The Morgan fingerprint density at radius 1 is 1.14 bits per heavy atom. The fraction of sp³-hybridized carbons (Fsp3) is 0.0833. The molecule has 0 aliphatic heterocycles. The number of halogens is 3. The molecule has 2 rings (SSSR count). The molecule has 0 atom stereocenters. The van der Waals surface area contributed by atoms with Crippen LogP contribution in [0.5, 0.6) is 0 Å². The highest BCUT2D eigenvalue weighted by Crippen LogP contribution is 2.22. The molecule has 5 nitrogen and oxygen atoms in total. The number of benzene rings is 1. The Balaban J connectivity index is 2.37. The van der Waals surface area contributed by atoms with Crippen molar-refractivity contribution in [1.29, 1.82) is 0 Å². The maximum absolute atomic E-state index is 13.5. The second-order valence-corrected chi connectivity index (χ2v) is 5.67. The summed E-state index contributed by atoms with van der Waals surface area (Å²) < 4.78 is 65.3. The first-order valence-electron chi connectivity index (χ1n) is 5.64. The van der Waals surface area contributed by atoms with Gasteiger partial charge in [0.25, 0.3) is 10.0 Å². The molecule has 1 aromatic heterocycles. The van der Waals surface area contributed by atoms with Crippen molar-refractivity contribution < 1.29 is 21.6 Å². The van der Waals surface area contributed by atoms with Crippen LogP contribution in [0.25, 0.3) is 0 Å². The Bertz CT molecular complexity index is 764. The summed E-state index contributed by atoms with van der Waals surface area (Å²) >= 11 is 0. The van der Waals surface area contributed by atoms with Gasteiger partial charge in [-0.05, 0) is 12.1 Å². The summed E-state index contributed by atoms with van der Waals surface area (Å²) in [5.41, 5.74) is -0.815. The predicted molar refractivity (Wildman–Crippen MR) is 70.9 cm³/mol. The van der Waals surface area contributed by atoms with Crippen molar-refractivity contribution in [1.82, 2.24) is 4.98 Å². The maximum atomic E-state index is 13.5. The predicted octanol–water partition coefficient (Wildman–Crippen LogP) is 2.34. The fourth-order valence-corrected chi connectivity index (χ4v) is 2.52. The Hall–Kier alpha value is -2.29. The summed E-state index contributed by atoms with van der Waals surface area (Å²) in [5, 5.41) is 2.69. The van der Waals surface area contributed by atoms with Gasteiger partial charge < -0.3 is 5.32 Å². The Morgan fingerprint density at radius 2 is 1.86 bits per heavy atom. The second-order valence-electron chi connectivity index (χ2n) is 3.98. The van der Waals surface area contributed by atoms with Crippen LogP contribution in [-0.4, -0.2) is 20.4 Å². The van der Waals surface area contributed by atoms with Gasteiger partial charge >= 0.3 is 0 Å². The highest BCUT2D eigenvalue weighted by atomic mass is 32.2. The Kier molecular flexibility index (Phi) is 4.03. The molecule has 2 N–H and O–H groups in total. The maximum Gasteiger partial charge on any atom is 0.263 e. The summed E-state index contributed by atoms with van der Waals surface area (Å²) in [6, 6.07) is 3.47. The van der Waals surface area contributed by atoms with Crippen LogP contribution >= 0.6 is 0 Å². The van der Waals surface area contributed by atoms with Gasteiger partial charge in [-0.1, -0.05) is 0 Å². The molecular formula is C12H10F3N3O2S. The van der Waals surface area contributed by atoms with Gasteiger partial charge in [-0.3, -0.25) is 4.72 Å². The zero-order valence-corrected chi connectivity index (χ0v) is 11.5. The first kappa shape index (κ1) is 15.1. The number of nitrogens with zero attached hydrogens (tertiary/aromatic N) is 1. The number of pyridine rings is 1. The molecule has 0 unspecified atom stereocenters. The molecule has 0 aliphatic rings. The van der Waals surface area contributed by atoms with E-state index in [-0.39, 0.29) is 4.90 Å². The first-order valence-corrected chi connectivity index (χ1v) is 7.13. The van der Waals surface area contributed by atoms with Crippen molar-refractivity contribution in [2.75, 3.05) is 17.1 Å². The highest BCUT2D eigenvalue weighted by Gasteiger charge is 2.19. The third-order valence-corrected chi connectivity index (χ3v) is 3.89. The molecule has 1 heterocycles. The van der Waals surface area contributed by atoms with E-state index in [4.69, 9.17) is 0 Å². The van der Waals surface area contributed by atoms with Gasteiger partial charge in [0.15, 0.2) is 11.6 Å². The van der Waals surface area contributed by atoms with E-state index in [1.165, 1.54) is 12.1 Å². The van der Waals surface area contributed by atoms with Gasteiger partial charge in [-0.25, -0.2) is 26.6 Å². The molecule has 1 aromatic carbocycles. The van der Waals surface area contributed by atoms with Crippen molar-refractivity contribution in [3.8, 4) is 0 Å². The lowest BCUT2D eigenvalue weighted by atomic mass is 10.3. The van der Waals surface area contributed by atoms with Crippen LogP contribution in [0.3, 0.4) is 0 Å². The van der Waals surface area contributed by atoms with Crippen molar-refractivity contribution in [3.63, 3.8) is 0 Å². The third-order valence-electron chi connectivity index (χ3n) is 2.54. The van der Waals surface area contributed by atoms with E-state index in [0.717, 1.165) is 6.20 Å². The van der Waals surface area contributed by atoms with Crippen LogP contribution in [0.1, 0.15) is 0 Å². The fourth-order valence-electron chi connectivity index (χ4n) is 1.52. The van der Waals surface area contributed by atoms with Gasteiger partial charge in [-0.2, -0.15) is 0 Å². The smallest absolute Gasteiger partial charge is 0.263 e. The molecule has 0 fully saturated rings. The van der Waals surface area contributed by atoms with Crippen LogP contribution < -0.4 is 10.0 Å². The zero-order chi connectivity index (χ0) is 15.6. The van der Waals surface area contributed by atoms with Crippen molar-refractivity contribution in [2.45, 2.75) is 4.90 Å². The van der Waals surface area contributed by atoms with Crippen LogP contribution in [-0.2, 0) is 10.0 Å². The topological polar surface area (TPSA) is 71.1 Å². The molecule has 0 spiro atoms. The average Bonchev–Trinajstić information content (AvgIpc) is 2.44. The monoisotopic (exact) mass is 317 g/mol. The van der Waals surface area contributed by atoms with Crippen molar-refractivity contribution in [2.24, 2.45) is 0 Å². The van der Waals surface area contributed by atoms with E-state index in [0.29, 0.717) is 18.0 Å². The van der Waals surface area contributed by atoms with Gasteiger partial charge in [0.1, 0.15) is 16.5 Å². The molecule has 9 heteroatoms. The molecule has 0 aliphatic carbocycles. The number of hydrogen-bond donors (Lipinski definition) is 2. The molecule has 112 valence electrons. The molecule has 0 saturated heterocycles. The quantitative estimate of drug-likeness (QED) is 0.849. The van der Waals surface area contributed by atoms with E-state index in [1.54, 1.807) is 11.8 Å². The molecular weight excluding hydrogens is 307 g/mol. The zero-order valence-electron chi connectivity index (χ0n) is 10.7. The van der Waals surface area contributed by atoms with Gasteiger partial charge in [0.2, 0.25) is 0 Å². The third kappa shape index (κ3) is 3.24. The van der Waals surface area contributed by atoms with Crippen molar-refractivity contribution >= 4 is 21.5 Å². The summed E-state index contributed by atoms with van der Waals surface area (Å²) in [4.78, 5) is 3.52. The van der Waals surface area contributed by atoms with Crippen LogP contribution in [0, 0.1) is 17.5 Å². The minimum atomic E-state index is -4.21.